The minimum Gasteiger partial charge on any atom is -0.481 e. The van der Waals surface area contributed by atoms with Gasteiger partial charge in [0.2, 0.25) is 0 Å². The van der Waals surface area contributed by atoms with Crippen LogP contribution in [0.5, 0.6) is 0 Å². The number of aliphatic carboxylic acids is 1. The molecule has 462 valence electrons. The van der Waals surface area contributed by atoms with Crippen molar-refractivity contribution >= 4 is 17.5 Å². The van der Waals surface area contributed by atoms with E-state index in [1.165, 1.54) is 78.1 Å². The summed E-state index contributed by atoms with van der Waals surface area (Å²) in [6.07, 6.45) is 14.3. The number of carboxylic acids is 1. The van der Waals surface area contributed by atoms with Crippen LogP contribution < -0.4 is 0 Å². The van der Waals surface area contributed by atoms with Crippen LogP contribution in [-0.4, -0.2) is 56.2 Å². The molecule has 27 atom stereocenters. The second kappa shape index (κ2) is 24.3. The molecule has 12 fully saturated rings. The molecular weight excluding hydrogens is 1000 g/mol. The Morgan fingerprint density at radius 3 is 1.22 bits per heavy atom. The van der Waals surface area contributed by atoms with Gasteiger partial charge in [-0.25, -0.2) is 0 Å². The van der Waals surface area contributed by atoms with Gasteiger partial charge in [-0.3, -0.25) is 4.79 Å². The monoisotopic (exact) mass is 1140 g/mol. The largest absolute Gasteiger partial charge is 0.481 e. The molecule has 4 N–H and O–H groups in total. The first-order valence-electron chi connectivity index (χ1n) is 39.6. The summed E-state index contributed by atoms with van der Waals surface area (Å²) in [4.78, 5) is 34.9. The first-order chi connectivity index (χ1) is 42.3. The number of hydrogen-bond donors (Lipinski definition) is 4. The number of hydrogen-bond acceptors (Lipinski definition) is 6. The fraction of sp³-hybridized carbons (Fsp3) is 0.959. The first-order valence-corrected chi connectivity index (χ1v) is 34.1. The molecular formula is C74H124O7. The summed E-state index contributed by atoms with van der Waals surface area (Å²) in [6, 6.07) is 0. The fourth-order valence-electron chi connectivity index (χ4n) is 25.1. The highest BCUT2D eigenvalue weighted by atomic mass is 16.4. The van der Waals surface area contributed by atoms with Crippen LogP contribution in [0.2, 0.25) is 0 Å². The van der Waals surface area contributed by atoms with Crippen molar-refractivity contribution in [2.45, 2.75) is 306 Å². The van der Waals surface area contributed by atoms with Crippen LogP contribution in [-0.2, 0) is 14.4 Å². The summed E-state index contributed by atoms with van der Waals surface area (Å²) in [6.45, 7) is 23.5. The third-order valence-corrected chi connectivity index (χ3v) is 29.2. The predicted octanol–water partition coefficient (Wildman–Crippen LogP) is 17.5. The van der Waals surface area contributed by atoms with Crippen molar-refractivity contribution in [3.63, 3.8) is 0 Å². The number of carbonyl (C=O) groups excluding carboxylic acids is 2. The number of aliphatic hydroxyl groups is 3. The van der Waals surface area contributed by atoms with E-state index in [9.17, 15) is 34.8 Å². The zero-order chi connectivity index (χ0) is 68.1. The van der Waals surface area contributed by atoms with E-state index < -0.39 is 61.2 Å². The number of Topliss-reactive ketones (excluding diaryl/α,β-unsaturated/α-hetero) is 2. The van der Waals surface area contributed by atoms with E-state index in [0.717, 1.165) is 88.4 Å². The lowest BCUT2D eigenvalue weighted by Crippen LogP contribution is -2.54. The Bertz CT molecular complexity index is 2710. The molecule has 12 rings (SSSR count). The van der Waals surface area contributed by atoms with Crippen molar-refractivity contribution < 1.29 is 49.9 Å². The maximum absolute atomic E-state index is 11.8. The number of rotatable bonds is 12. The maximum Gasteiger partial charge on any atom is 0.303 e. The summed E-state index contributed by atoms with van der Waals surface area (Å²) in [7, 11) is 0. The van der Waals surface area contributed by atoms with Crippen molar-refractivity contribution in [2.75, 3.05) is 0 Å². The van der Waals surface area contributed by atoms with Crippen molar-refractivity contribution in [1.29, 1.82) is 0 Å². The number of ketones is 2. The van der Waals surface area contributed by atoms with Gasteiger partial charge in [-0.15, -0.1) is 0 Å². The molecule has 0 amide bonds. The van der Waals surface area contributed by atoms with Crippen molar-refractivity contribution in [3.8, 4) is 0 Å². The average molecular weight is 1140 g/mol. The number of carbonyl (C=O) groups is 3. The normalized spacial score (nSPS) is 55.1. The van der Waals surface area contributed by atoms with E-state index in [2.05, 4.69) is 62.3 Å². The summed E-state index contributed by atoms with van der Waals surface area (Å²) < 4.78 is 90.8. The Hall–Kier alpha value is -1.31. The third-order valence-electron chi connectivity index (χ3n) is 29.2. The molecule has 81 heavy (non-hydrogen) atoms. The van der Waals surface area contributed by atoms with Gasteiger partial charge >= 0.3 is 5.97 Å². The molecule has 0 saturated heterocycles. The van der Waals surface area contributed by atoms with Gasteiger partial charge < -0.3 is 30.0 Å². The number of aliphatic hydroxyl groups excluding tert-OH is 2. The highest BCUT2D eigenvalue weighted by molar-refractivity contribution is 5.75. The molecule has 0 radical (unpaired) electrons. The molecule has 0 bridgehead atoms. The lowest BCUT2D eigenvalue weighted by atomic mass is 9.44. The topological polar surface area (TPSA) is 132 Å². The zero-order valence-electron chi connectivity index (χ0n) is 63.9. The third kappa shape index (κ3) is 11.6. The van der Waals surface area contributed by atoms with Crippen LogP contribution in [0.25, 0.3) is 0 Å². The van der Waals surface area contributed by atoms with Crippen LogP contribution in [0.4, 0.5) is 0 Å². The second-order valence-corrected chi connectivity index (χ2v) is 32.7. The molecule has 7 heteroatoms. The molecule has 0 unspecified atom stereocenters. The molecule has 12 aliphatic rings. The quantitative estimate of drug-likeness (QED) is 0.153. The van der Waals surface area contributed by atoms with Crippen molar-refractivity contribution in [1.82, 2.24) is 0 Å². The average Bonchev–Trinajstić information content (AvgIpc) is 1.16. The maximum atomic E-state index is 11.8. The van der Waals surface area contributed by atoms with Crippen molar-refractivity contribution in [3.05, 3.63) is 0 Å². The Morgan fingerprint density at radius 2 is 0.802 bits per heavy atom. The molecule has 12 aliphatic carbocycles. The van der Waals surface area contributed by atoms with Gasteiger partial charge in [-0.2, -0.15) is 0 Å². The smallest absolute Gasteiger partial charge is 0.303 e. The van der Waals surface area contributed by atoms with E-state index >= 15 is 0 Å². The summed E-state index contributed by atoms with van der Waals surface area (Å²) >= 11 is 0. The Labute approximate surface area is 510 Å². The van der Waals surface area contributed by atoms with Gasteiger partial charge in [-0.1, -0.05) is 62.3 Å². The van der Waals surface area contributed by atoms with E-state index in [0.29, 0.717) is 95.7 Å². The van der Waals surface area contributed by atoms with Crippen LogP contribution >= 0.6 is 0 Å². The van der Waals surface area contributed by atoms with E-state index in [1.54, 1.807) is 0 Å². The molecule has 0 aromatic rings. The Kier molecular flexibility index (Phi) is 14.9. The highest BCUT2D eigenvalue weighted by Crippen LogP contribution is 2.72. The van der Waals surface area contributed by atoms with Gasteiger partial charge in [0.1, 0.15) is 11.6 Å². The SMILES string of the molecule is [2H]C([2H])(C[C@@H](C)[C@H]1CC[C@H]2[C@@H]3CC[C@@H]4C([2H])([2H])[C@@H](O)C([2H])([2H])C[C@]4(C)[C@H]3CC[C@]12C)C(C)=O.[2H]C([2H])(C[C@@H](C)[C@H]1CC[C@H]2[C@@H]3CC[C@@H]4C[C@@H](O)CC[C@]4(C)[C@H]3CC[C@]12C)C(C)=O.[2H]C([2H])(C[C@@H](C)[C@H]1CC[C@H]2[C@@H]3CC[C@@H]4C[C@@]([2H])(O)CC[C@]4(C)[C@H]3CC[C@]12C)C(=O)O. The Balaban J connectivity index is 0.000000152. The predicted molar refractivity (Wildman–Crippen MR) is 328 cm³/mol. The van der Waals surface area contributed by atoms with E-state index in [4.69, 9.17) is 15.1 Å². The van der Waals surface area contributed by atoms with Gasteiger partial charge in [0.15, 0.2) is 0 Å². The van der Waals surface area contributed by atoms with Gasteiger partial charge in [0, 0.05) is 32.8 Å². The minimum absolute atomic E-state index is 0.0718. The summed E-state index contributed by atoms with van der Waals surface area (Å²) in [5.41, 5.74) is 0.768. The first kappa shape index (κ1) is 49.7. The van der Waals surface area contributed by atoms with Crippen molar-refractivity contribution in [2.24, 2.45) is 139 Å². The van der Waals surface area contributed by atoms with Crippen LogP contribution in [0.3, 0.4) is 0 Å². The molecule has 12 saturated carbocycles. The van der Waals surface area contributed by atoms with Crippen LogP contribution in [0, 0.1) is 139 Å². The van der Waals surface area contributed by atoms with Gasteiger partial charge in [0.25, 0.3) is 0 Å². The van der Waals surface area contributed by atoms with E-state index in [-0.39, 0.29) is 77.0 Å². The van der Waals surface area contributed by atoms with Crippen LogP contribution in [0.1, 0.15) is 303 Å². The second-order valence-electron chi connectivity index (χ2n) is 32.7. The number of fused-ring (bicyclic) bond motifs is 15. The summed E-state index contributed by atoms with van der Waals surface area (Å²) in [5.74, 6) is 6.10. The lowest BCUT2D eigenvalue weighted by molar-refractivity contribution is -0.138. The molecule has 0 heterocycles. The lowest BCUT2D eigenvalue weighted by Gasteiger charge is -2.61. The number of carboxylic acid groups (broad SMARTS) is 1. The molecule has 0 aromatic carbocycles. The van der Waals surface area contributed by atoms with Crippen LogP contribution in [0.15, 0.2) is 0 Å². The minimum atomic E-state index is -2.15. The van der Waals surface area contributed by atoms with E-state index in [1.807, 2.05) is 0 Å². The van der Waals surface area contributed by atoms with Gasteiger partial charge in [0.05, 0.1) is 19.7 Å². The molecule has 0 aromatic heterocycles. The highest BCUT2D eigenvalue weighted by Gasteiger charge is 2.64. The standard InChI is InChI=1S/2C25H42O2.C24H40O3/c2*1-16(5-6-17(2)26)21-9-10-22-20-8-7-18-15-19(27)11-13-24(18,3)23(20)12-14-25(21,22)4;1-15(4-9-22(26)27)19-7-8-20-18-6-5-16-14-17(25)10-12-23(16,2)21(18)11-13-24(19,20)3/h2*16,18-23,27H,5-15H2,1-4H3;15-21,25H,4-14H2,1-3H3,(H,26,27)/t2*16-,18-,19+,20+,21-,22+,23+,24+,25-;15-,16-,17+,18+,19-,20+,21+,23+,24-/m111/s1/i6D2,11D2,15D2;6D2;9D2,17D. The Morgan fingerprint density at radius 1 is 0.444 bits per heavy atom. The molecule has 7 nitrogen and oxygen atoms in total. The molecule has 0 spiro atoms. The fourth-order valence-corrected chi connectivity index (χ4v) is 25.1. The van der Waals surface area contributed by atoms with Gasteiger partial charge in [-0.05, 0) is 345 Å². The molecule has 0 aliphatic heterocycles. The zero-order valence-corrected chi connectivity index (χ0v) is 52.9. The summed E-state index contributed by atoms with van der Waals surface area (Å²) in [5, 5.41) is 40.3.